The second kappa shape index (κ2) is 6.68. The van der Waals surface area contributed by atoms with Crippen LogP contribution in [0.2, 0.25) is 0 Å². The fourth-order valence-corrected chi connectivity index (χ4v) is 3.06. The molecule has 0 fully saturated rings. The average molecular weight is 366 g/mol. The van der Waals surface area contributed by atoms with Gasteiger partial charge in [0.1, 0.15) is 11.3 Å². The molecule has 1 aromatic heterocycles. The van der Waals surface area contributed by atoms with E-state index in [9.17, 15) is 9.59 Å². The summed E-state index contributed by atoms with van der Waals surface area (Å²) in [6.45, 7) is 2.52. The maximum atomic E-state index is 12.9. The SMILES string of the molecule is CCOc1ccc2c(c1)c(=O)c(C(=O)Nc1ccc3c(c1)OCO3)cn2C. The van der Waals surface area contributed by atoms with Crippen molar-refractivity contribution in [1.82, 2.24) is 4.57 Å². The number of amides is 1. The van der Waals surface area contributed by atoms with Crippen LogP contribution in [0, 0.1) is 0 Å². The molecule has 0 saturated carbocycles. The van der Waals surface area contributed by atoms with Crippen LogP contribution in [0.1, 0.15) is 17.3 Å². The van der Waals surface area contributed by atoms with Gasteiger partial charge in [-0.15, -0.1) is 0 Å². The molecule has 7 heteroatoms. The van der Waals surface area contributed by atoms with E-state index in [1.54, 1.807) is 48.0 Å². The summed E-state index contributed by atoms with van der Waals surface area (Å²) in [5, 5.41) is 3.17. The lowest BCUT2D eigenvalue weighted by Gasteiger charge is -2.11. The predicted molar refractivity (Wildman–Crippen MR) is 101 cm³/mol. The number of nitrogens with zero attached hydrogens (tertiary/aromatic N) is 1. The fourth-order valence-electron chi connectivity index (χ4n) is 3.06. The van der Waals surface area contributed by atoms with Crippen LogP contribution in [-0.2, 0) is 7.05 Å². The third-order valence-corrected chi connectivity index (χ3v) is 4.35. The molecule has 0 radical (unpaired) electrons. The lowest BCUT2D eigenvalue weighted by Crippen LogP contribution is -2.23. The summed E-state index contributed by atoms with van der Waals surface area (Å²) in [5.74, 6) is 1.28. The number of aryl methyl sites for hydroxylation is 1. The lowest BCUT2D eigenvalue weighted by atomic mass is 10.1. The summed E-state index contributed by atoms with van der Waals surface area (Å²) >= 11 is 0. The molecule has 1 aliphatic rings. The van der Waals surface area contributed by atoms with Crippen molar-refractivity contribution < 1.29 is 19.0 Å². The molecule has 0 aliphatic carbocycles. The van der Waals surface area contributed by atoms with Crippen molar-refractivity contribution in [2.24, 2.45) is 7.05 Å². The molecule has 3 aromatic rings. The zero-order valence-corrected chi connectivity index (χ0v) is 14.9. The van der Waals surface area contributed by atoms with Crippen molar-refractivity contribution in [2.75, 3.05) is 18.7 Å². The van der Waals surface area contributed by atoms with Gasteiger partial charge in [-0.1, -0.05) is 0 Å². The minimum absolute atomic E-state index is 0.0521. The number of anilines is 1. The largest absolute Gasteiger partial charge is 0.494 e. The Morgan fingerprint density at radius 3 is 2.81 bits per heavy atom. The number of ether oxygens (including phenoxy) is 3. The standard InChI is InChI=1S/C20H18N2O5/c1-3-25-13-5-6-16-14(9-13)19(23)15(10-22(16)2)20(24)21-12-4-7-17-18(8-12)27-11-26-17/h4-10H,3,11H2,1-2H3,(H,21,24). The third-order valence-electron chi connectivity index (χ3n) is 4.35. The first-order valence-electron chi connectivity index (χ1n) is 8.54. The number of hydrogen-bond donors (Lipinski definition) is 1. The number of hydrogen-bond acceptors (Lipinski definition) is 5. The number of fused-ring (bicyclic) bond motifs is 2. The molecule has 1 aliphatic heterocycles. The molecule has 0 bridgehead atoms. The van der Waals surface area contributed by atoms with Gasteiger partial charge in [0.05, 0.1) is 17.5 Å². The molecular formula is C20H18N2O5. The summed E-state index contributed by atoms with van der Waals surface area (Å²) in [5.41, 5.74) is 0.955. The Kier molecular flexibility index (Phi) is 4.19. The van der Waals surface area contributed by atoms with Crippen LogP contribution in [0.15, 0.2) is 47.4 Å². The molecule has 0 atom stereocenters. The highest BCUT2D eigenvalue weighted by Gasteiger charge is 2.18. The van der Waals surface area contributed by atoms with E-state index in [2.05, 4.69) is 5.32 Å². The highest BCUT2D eigenvalue weighted by atomic mass is 16.7. The molecule has 1 amide bonds. The second-order valence-electron chi connectivity index (χ2n) is 6.12. The number of pyridine rings is 1. The normalized spacial score (nSPS) is 12.2. The molecule has 7 nitrogen and oxygen atoms in total. The molecular weight excluding hydrogens is 348 g/mol. The number of nitrogens with one attached hydrogen (secondary N) is 1. The Labute approximate surface area is 155 Å². The van der Waals surface area contributed by atoms with E-state index in [0.29, 0.717) is 34.9 Å². The van der Waals surface area contributed by atoms with E-state index >= 15 is 0 Å². The molecule has 2 aromatic carbocycles. The Bertz CT molecular complexity index is 1100. The number of benzene rings is 2. The molecule has 0 spiro atoms. The van der Waals surface area contributed by atoms with Gasteiger partial charge in [0, 0.05) is 25.0 Å². The minimum Gasteiger partial charge on any atom is -0.494 e. The fraction of sp³-hybridized carbons (Fsp3) is 0.200. The van der Waals surface area contributed by atoms with E-state index in [1.165, 1.54) is 6.20 Å². The average Bonchev–Trinajstić information content (AvgIpc) is 3.12. The summed E-state index contributed by atoms with van der Waals surface area (Å²) in [6, 6.07) is 10.4. The van der Waals surface area contributed by atoms with Gasteiger partial charge in [-0.2, -0.15) is 0 Å². The van der Waals surface area contributed by atoms with Crippen LogP contribution in [-0.4, -0.2) is 23.9 Å². The molecule has 2 heterocycles. The van der Waals surface area contributed by atoms with E-state index in [1.807, 2.05) is 6.92 Å². The molecule has 27 heavy (non-hydrogen) atoms. The summed E-state index contributed by atoms with van der Waals surface area (Å²) in [6.07, 6.45) is 1.54. The molecule has 0 saturated heterocycles. The van der Waals surface area contributed by atoms with Crippen molar-refractivity contribution in [1.29, 1.82) is 0 Å². The van der Waals surface area contributed by atoms with Crippen molar-refractivity contribution in [2.45, 2.75) is 6.92 Å². The predicted octanol–water partition coefficient (Wildman–Crippen LogP) is 2.92. The Morgan fingerprint density at radius 2 is 2.00 bits per heavy atom. The van der Waals surface area contributed by atoms with Gasteiger partial charge in [0.2, 0.25) is 12.2 Å². The Morgan fingerprint density at radius 1 is 1.19 bits per heavy atom. The van der Waals surface area contributed by atoms with E-state index in [0.717, 1.165) is 5.52 Å². The maximum Gasteiger partial charge on any atom is 0.261 e. The van der Waals surface area contributed by atoms with E-state index in [-0.39, 0.29) is 17.8 Å². The first kappa shape index (κ1) is 17.0. The molecule has 138 valence electrons. The monoisotopic (exact) mass is 366 g/mol. The maximum absolute atomic E-state index is 12.9. The van der Waals surface area contributed by atoms with Crippen LogP contribution < -0.4 is 25.0 Å². The quantitative estimate of drug-likeness (QED) is 0.768. The third kappa shape index (κ3) is 3.08. The van der Waals surface area contributed by atoms with Gasteiger partial charge >= 0.3 is 0 Å². The molecule has 1 N–H and O–H groups in total. The van der Waals surface area contributed by atoms with Gasteiger partial charge in [-0.05, 0) is 37.3 Å². The smallest absolute Gasteiger partial charge is 0.261 e. The highest BCUT2D eigenvalue weighted by Crippen LogP contribution is 2.34. The Hall–Kier alpha value is -3.48. The molecule has 0 unspecified atom stereocenters. The number of carbonyl (C=O) groups excluding carboxylic acids is 1. The van der Waals surface area contributed by atoms with Crippen LogP contribution in [0.4, 0.5) is 5.69 Å². The minimum atomic E-state index is -0.488. The lowest BCUT2D eigenvalue weighted by molar-refractivity contribution is 0.102. The Balaban J connectivity index is 1.71. The van der Waals surface area contributed by atoms with E-state index in [4.69, 9.17) is 14.2 Å². The van der Waals surface area contributed by atoms with Crippen molar-refractivity contribution in [3.63, 3.8) is 0 Å². The van der Waals surface area contributed by atoms with E-state index < -0.39 is 5.91 Å². The van der Waals surface area contributed by atoms with Crippen LogP contribution in [0.5, 0.6) is 17.2 Å². The van der Waals surface area contributed by atoms with Crippen LogP contribution >= 0.6 is 0 Å². The topological polar surface area (TPSA) is 78.8 Å². The number of carbonyl (C=O) groups is 1. The first-order chi connectivity index (χ1) is 13.1. The van der Waals surface area contributed by atoms with Gasteiger partial charge in [-0.3, -0.25) is 9.59 Å². The zero-order chi connectivity index (χ0) is 19.0. The van der Waals surface area contributed by atoms with Gasteiger partial charge < -0.3 is 24.1 Å². The zero-order valence-electron chi connectivity index (χ0n) is 14.9. The van der Waals surface area contributed by atoms with Gasteiger partial charge in [0.15, 0.2) is 11.5 Å². The van der Waals surface area contributed by atoms with Crippen LogP contribution in [0.3, 0.4) is 0 Å². The van der Waals surface area contributed by atoms with Crippen molar-refractivity contribution in [3.05, 3.63) is 58.4 Å². The molecule has 4 rings (SSSR count). The van der Waals surface area contributed by atoms with Crippen molar-refractivity contribution in [3.8, 4) is 17.2 Å². The van der Waals surface area contributed by atoms with Crippen molar-refractivity contribution >= 4 is 22.5 Å². The van der Waals surface area contributed by atoms with Crippen LogP contribution in [0.25, 0.3) is 10.9 Å². The van der Waals surface area contributed by atoms with Gasteiger partial charge in [-0.25, -0.2) is 0 Å². The summed E-state index contributed by atoms with van der Waals surface area (Å²) < 4.78 is 17.8. The first-order valence-corrected chi connectivity index (χ1v) is 8.54. The van der Waals surface area contributed by atoms with Gasteiger partial charge in [0.25, 0.3) is 5.91 Å². The summed E-state index contributed by atoms with van der Waals surface area (Å²) in [4.78, 5) is 25.6. The highest BCUT2D eigenvalue weighted by molar-refractivity contribution is 6.06. The second-order valence-corrected chi connectivity index (χ2v) is 6.12. The number of rotatable bonds is 4. The number of aromatic nitrogens is 1. The summed E-state index contributed by atoms with van der Waals surface area (Å²) in [7, 11) is 1.79.